The summed E-state index contributed by atoms with van der Waals surface area (Å²) in [5.41, 5.74) is 37.6. The first-order chi connectivity index (χ1) is 55.0. The fourth-order valence-corrected chi connectivity index (χ4v) is 18.4. The van der Waals surface area contributed by atoms with E-state index in [1.165, 1.54) is 116 Å². The highest BCUT2D eigenvalue weighted by Crippen LogP contribution is 2.55. The van der Waals surface area contributed by atoms with Gasteiger partial charge in [-0.2, -0.15) is 0 Å². The zero-order valence-electron chi connectivity index (χ0n) is 62.9. The molecule has 0 N–H and O–H groups in total. The van der Waals surface area contributed by atoms with Gasteiger partial charge in [0.15, 0.2) is 0 Å². The molecule has 17 aromatic carbocycles. The Morgan fingerprint density at radius 3 is 1.06 bits per heavy atom. The molecule has 0 saturated carbocycles. The number of hydrogen-bond acceptors (Lipinski definition) is 2. The van der Waals surface area contributed by atoms with Gasteiger partial charge in [0.25, 0.3) is 0 Å². The number of rotatable bonds is 14. The normalized spacial score (nSPS) is 13.0. The molecule has 4 heteroatoms. The molecule has 0 spiro atoms. The highest BCUT2D eigenvalue weighted by molar-refractivity contribution is 6.14. The fraction of sp³-hybridized carbons (Fsp3) is 0.0556. The van der Waals surface area contributed by atoms with E-state index in [4.69, 9.17) is 0 Å². The number of anilines is 6. The molecule has 0 bridgehead atoms. The number of nitrogens with zero attached hydrogens (tertiary/aromatic N) is 4. The molecule has 0 unspecified atom stereocenters. The molecule has 0 saturated heterocycles. The molecule has 19 aromatic rings. The van der Waals surface area contributed by atoms with Crippen molar-refractivity contribution in [2.45, 2.75) is 38.5 Å². The summed E-state index contributed by atoms with van der Waals surface area (Å²) < 4.78 is 4.99. The lowest BCUT2D eigenvalue weighted by atomic mass is 9.81. The summed E-state index contributed by atoms with van der Waals surface area (Å²) in [4.78, 5) is 4.86. The third-order valence-corrected chi connectivity index (χ3v) is 24.0. The maximum Gasteiger partial charge on any atom is 0.0561 e. The van der Waals surface area contributed by atoms with Crippen LogP contribution in [0.4, 0.5) is 34.1 Å². The summed E-state index contributed by atoms with van der Waals surface area (Å²) in [5.74, 6) is 0. The van der Waals surface area contributed by atoms with Crippen LogP contribution in [0.3, 0.4) is 0 Å². The van der Waals surface area contributed by atoms with Crippen LogP contribution in [0.25, 0.3) is 144 Å². The predicted octanol–water partition coefficient (Wildman–Crippen LogP) is 29.4. The third-order valence-electron chi connectivity index (χ3n) is 24.0. The molecular formula is C108H78N4. The van der Waals surface area contributed by atoms with E-state index in [0.29, 0.717) is 0 Å². The predicted molar refractivity (Wildman–Crippen MR) is 472 cm³/mol. The minimum Gasteiger partial charge on any atom is -0.310 e. The Morgan fingerprint density at radius 1 is 0.179 bits per heavy atom. The van der Waals surface area contributed by atoms with Gasteiger partial charge >= 0.3 is 0 Å². The van der Waals surface area contributed by atoms with Crippen molar-refractivity contribution in [2.75, 3.05) is 9.80 Å². The van der Waals surface area contributed by atoms with Crippen molar-refractivity contribution in [1.82, 2.24) is 9.13 Å². The van der Waals surface area contributed by atoms with Gasteiger partial charge in [0.2, 0.25) is 0 Å². The van der Waals surface area contributed by atoms with E-state index in [2.05, 4.69) is 447 Å². The van der Waals surface area contributed by atoms with Crippen LogP contribution < -0.4 is 9.80 Å². The van der Waals surface area contributed by atoms with Gasteiger partial charge < -0.3 is 18.9 Å². The van der Waals surface area contributed by atoms with Crippen molar-refractivity contribution >= 4 is 77.7 Å². The van der Waals surface area contributed by atoms with Crippen molar-refractivity contribution in [3.05, 3.63) is 423 Å². The Kier molecular flexibility index (Phi) is 15.6. The van der Waals surface area contributed by atoms with Crippen LogP contribution in [0, 0.1) is 0 Å². The van der Waals surface area contributed by atoms with Crippen LogP contribution in [0.15, 0.2) is 400 Å². The van der Waals surface area contributed by atoms with Gasteiger partial charge in [-0.1, -0.05) is 289 Å². The van der Waals surface area contributed by atoms with Crippen LogP contribution in [0.5, 0.6) is 0 Å². The number of benzene rings is 17. The van der Waals surface area contributed by atoms with Gasteiger partial charge in [0.1, 0.15) is 0 Å². The van der Waals surface area contributed by atoms with Crippen molar-refractivity contribution in [3.63, 3.8) is 0 Å². The molecular weight excluding hydrogens is 1350 g/mol. The first-order valence-electron chi connectivity index (χ1n) is 39.0. The second kappa shape index (κ2) is 26.4. The third kappa shape index (κ3) is 11.0. The minimum atomic E-state index is -0.292. The smallest absolute Gasteiger partial charge is 0.0561 e. The van der Waals surface area contributed by atoms with Crippen LogP contribution in [0.2, 0.25) is 0 Å². The van der Waals surface area contributed by atoms with Crippen molar-refractivity contribution < 1.29 is 0 Å². The molecule has 0 amide bonds. The van der Waals surface area contributed by atoms with E-state index in [9.17, 15) is 0 Å². The molecule has 2 aliphatic carbocycles. The molecule has 0 aliphatic heterocycles. The zero-order chi connectivity index (χ0) is 74.8. The molecule has 0 fully saturated rings. The Morgan fingerprint density at radius 2 is 0.500 bits per heavy atom. The molecule has 0 atom stereocenters. The summed E-state index contributed by atoms with van der Waals surface area (Å²) >= 11 is 0. The lowest BCUT2D eigenvalue weighted by molar-refractivity contribution is 0.661. The van der Waals surface area contributed by atoms with Crippen molar-refractivity contribution in [3.8, 4) is 100 Å². The molecule has 0 radical (unpaired) electrons. The number of fused-ring (bicyclic) bond motifs is 12. The number of hydrogen-bond donors (Lipinski definition) is 0. The van der Waals surface area contributed by atoms with E-state index in [-0.39, 0.29) is 10.8 Å². The van der Waals surface area contributed by atoms with E-state index in [1.807, 2.05) is 0 Å². The van der Waals surface area contributed by atoms with Gasteiger partial charge in [0.05, 0.1) is 22.1 Å². The maximum atomic E-state index is 2.51. The molecule has 2 heterocycles. The monoisotopic (exact) mass is 1430 g/mol. The standard InChI is InChI=1S/C108H78N4/c1-107(2)99-44-24-23-43-91(99)95-69-106-97(67-101(95)107)94-57-54-88(65-104(94)112(106)86-52-45-75(46-53-86)71-27-11-5-12-28-71)109(87-42-26-37-79(61-87)72-29-13-6-14-30-72)85-50-47-76(48-51-85)77-35-25-36-78(59-77)80-49-56-92-96-70-105-98(68-102(96)108(3,4)100(92)64-80)93-58-55-89(66-103(93)111(105)84-40-21-10-22-41-84)110(83-38-19-9-20-39-83)90-62-81(73-31-15-7-16-32-73)60-82(63-90)74-33-17-8-18-34-74/h5-70H,1-4H3. The summed E-state index contributed by atoms with van der Waals surface area (Å²) in [6, 6.07) is 149. The van der Waals surface area contributed by atoms with E-state index in [0.717, 1.165) is 84.3 Å². The summed E-state index contributed by atoms with van der Waals surface area (Å²) in [7, 11) is 0. The van der Waals surface area contributed by atoms with Gasteiger partial charge in [-0.25, -0.2) is 0 Å². The van der Waals surface area contributed by atoms with E-state index in [1.54, 1.807) is 0 Å². The van der Waals surface area contributed by atoms with Crippen molar-refractivity contribution in [1.29, 1.82) is 0 Å². The SMILES string of the molecule is CC1(C)c2ccccc2-c2cc3c(cc21)c1ccc(N(c2ccc(-c4cccc(-c5ccc6c(c5)C(C)(C)c5cc7c8ccc(N(c9ccccc9)c9cc(-c%10ccccc%10)cc(-c%10ccccc%10)c9)cc8n(-c8ccccc8)c7cc5-6)c4)cc2)c2cccc(-c4ccccc4)c2)cc1n3-c1ccc(-c2ccccc2)cc1. The molecule has 2 aromatic heterocycles. The summed E-state index contributed by atoms with van der Waals surface area (Å²) in [5, 5.41) is 4.92. The van der Waals surface area contributed by atoms with E-state index >= 15 is 0 Å². The molecule has 530 valence electrons. The topological polar surface area (TPSA) is 16.3 Å². The van der Waals surface area contributed by atoms with Crippen LogP contribution >= 0.6 is 0 Å². The van der Waals surface area contributed by atoms with E-state index < -0.39 is 0 Å². The zero-order valence-corrected chi connectivity index (χ0v) is 62.9. The lowest BCUT2D eigenvalue weighted by Crippen LogP contribution is -2.15. The second-order valence-electron chi connectivity index (χ2n) is 31.3. The highest BCUT2D eigenvalue weighted by atomic mass is 15.2. The average Bonchev–Trinajstić information content (AvgIpc) is 1.55. The minimum absolute atomic E-state index is 0.147. The Bertz CT molecular complexity index is 6820. The van der Waals surface area contributed by atoms with Crippen LogP contribution in [-0.2, 0) is 10.8 Å². The van der Waals surface area contributed by atoms with Gasteiger partial charge in [-0.15, -0.1) is 0 Å². The second-order valence-corrected chi connectivity index (χ2v) is 31.3. The first-order valence-corrected chi connectivity index (χ1v) is 39.0. The fourth-order valence-electron chi connectivity index (χ4n) is 18.4. The van der Waals surface area contributed by atoms with Gasteiger partial charge in [0, 0.05) is 77.9 Å². The molecule has 2 aliphatic rings. The van der Waals surface area contributed by atoms with Crippen molar-refractivity contribution in [2.24, 2.45) is 0 Å². The Labute approximate surface area is 653 Å². The molecule has 21 rings (SSSR count). The largest absolute Gasteiger partial charge is 0.310 e. The molecule has 112 heavy (non-hydrogen) atoms. The Balaban J connectivity index is 0.646. The van der Waals surface area contributed by atoms with Crippen LogP contribution in [0.1, 0.15) is 49.9 Å². The number of para-hydroxylation sites is 2. The summed E-state index contributed by atoms with van der Waals surface area (Å²) in [6.45, 7) is 9.59. The van der Waals surface area contributed by atoms with Gasteiger partial charge in [-0.3, -0.25) is 0 Å². The highest BCUT2D eigenvalue weighted by Gasteiger charge is 2.39. The average molecular weight is 1430 g/mol. The Hall–Kier alpha value is -14.1. The van der Waals surface area contributed by atoms with Gasteiger partial charge in [-0.05, 0) is 251 Å². The number of aromatic nitrogens is 2. The van der Waals surface area contributed by atoms with Crippen LogP contribution in [-0.4, -0.2) is 9.13 Å². The molecule has 4 nitrogen and oxygen atoms in total. The first kappa shape index (κ1) is 66.2. The maximum absolute atomic E-state index is 2.51. The lowest BCUT2D eigenvalue weighted by Gasteiger charge is -2.27. The quantitative estimate of drug-likeness (QED) is 0.108. The summed E-state index contributed by atoms with van der Waals surface area (Å²) in [6.07, 6.45) is 0.